The lowest BCUT2D eigenvalue weighted by Gasteiger charge is -2.45. The molecule has 3 saturated heterocycles. The van der Waals surface area contributed by atoms with Gasteiger partial charge in [-0.3, -0.25) is 9.69 Å². The van der Waals surface area contributed by atoms with Crippen LogP contribution in [0.1, 0.15) is 72.7 Å². The van der Waals surface area contributed by atoms with Gasteiger partial charge in [-0.25, -0.2) is 4.98 Å². The first-order chi connectivity index (χ1) is 20.0. The predicted molar refractivity (Wildman–Crippen MR) is 165 cm³/mol. The number of likely N-dealkylation sites (tertiary alicyclic amines) is 1. The van der Waals surface area contributed by atoms with Gasteiger partial charge in [-0.1, -0.05) is 42.5 Å². The van der Waals surface area contributed by atoms with Gasteiger partial charge in [0.2, 0.25) is 0 Å². The number of para-hydroxylation sites is 2. The Bertz CT molecular complexity index is 1510. The molecule has 0 aliphatic carbocycles. The summed E-state index contributed by atoms with van der Waals surface area (Å²) in [6, 6.07) is 28.8. The minimum Gasteiger partial charge on any atom is -0.399 e. The third kappa shape index (κ3) is 4.82. The Morgan fingerprint density at radius 3 is 2.24 bits per heavy atom. The van der Waals surface area contributed by atoms with E-state index in [2.05, 4.69) is 71.0 Å². The highest BCUT2D eigenvalue weighted by atomic mass is 16.2. The number of rotatable bonds is 6. The van der Waals surface area contributed by atoms with E-state index in [0.717, 1.165) is 55.8 Å². The maximum atomic E-state index is 13.3. The zero-order valence-electron chi connectivity index (χ0n) is 24.1. The third-order valence-electron chi connectivity index (χ3n) is 10.4. The van der Waals surface area contributed by atoms with Crippen LogP contribution in [0.4, 0.5) is 5.69 Å². The molecule has 1 aromatic heterocycles. The summed E-state index contributed by atoms with van der Waals surface area (Å²) in [5, 5.41) is 0. The minimum atomic E-state index is 0.104. The van der Waals surface area contributed by atoms with Crippen molar-refractivity contribution in [3.8, 4) is 0 Å². The summed E-state index contributed by atoms with van der Waals surface area (Å²) in [5.41, 5.74) is 11.2. The number of aromatic nitrogens is 2. The number of nitrogens with zero attached hydrogens (tertiary/aromatic N) is 4. The van der Waals surface area contributed by atoms with Gasteiger partial charge in [-0.05, 0) is 106 Å². The topological polar surface area (TPSA) is 67.4 Å². The number of carbonyl (C=O) groups excluding carboxylic acids is 1. The molecule has 0 radical (unpaired) electrons. The lowest BCUT2D eigenvalue weighted by atomic mass is 9.70. The first-order valence-electron chi connectivity index (χ1n) is 15.4. The van der Waals surface area contributed by atoms with Crippen molar-refractivity contribution in [1.29, 1.82) is 0 Å². The predicted octanol–water partition coefficient (Wildman–Crippen LogP) is 6.36. The van der Waals surface area contributed by atoms with Gasteiger partial charge in [0.25, 0.3) is 5.91 Å². The standard InChI is InChI=1S/C35H41N5O/c1-25-37-32-9-5-6-10-33(32)40(25)31-23-29-15-16-30(24-31)39(29)22-19-35(27-7-3-2-4-8-27)17-20-38(21-18-35)34(41)26-11-13-28(36)14-12-26/h2-14,29-31H,15-24,36H2,1H3. The average Bonchev–Trinajstić information content (AvgIpc) is 3.47. The van der Waals surface area contributed by atoms with Crippen molar-refractivity contribution < 1.29 is 4.79 Å². The van der Waals surface area contributed by atoms with Crippen LogP contribution in [0.3, 0.4) is 0 Å². The van der Waals surface area contributed by atoms with E-state index in [9.17, 15) is 4.79 Å². The molecule has 2 N–H and O–H groups in total. The summed E-state index contributed by atoms with van der Waals surface area (Å²) < 4.78 is 2.53. The number of fused-ring (bicyclic) bond motifs is 3. The largest absolute Gasteiger partial charge is 0.399 e. The van der Waals surface area contributed by atoms with E-state index in [1.165, 1.54) is 36.8 Å². The molecule has 3 aliphatic heterocycles. The fraction of sp³-hybridized carbons (Fsp3) is 0.429. The van der Waals surface area contributed by atoms with Crippen molar-refractivity contribution in [3.63, 3.8) is 0 Å². The Hall–Kier alpha value is -3.64. The van der Waals surface area contributed by atoms with Crippen molar-refractivity contribution in [2.24, 2.45) is 0 Å². The minimum absolute atomic E-state index is 0.104. The molecule has 6 heteroatoms. The molecular formula is C35H41N5O. The summed E-state index contributed by atoms with van der Waals surface area (Å²) >= 11 is 0. The molecule has 4 aromatic rings. The van der Waals surface area contributed by atoms with Crippen LogP contribution < -0.4 is 5.73 Å². The summed E-state index contributed by atoms with van der Waals surface area (Å²) in [7, 11) is 0. The lowest BCUT2D eigenvalue weighted by molar-refractivity contribution is 0.0607. The molecule has 212 valence electrons. The molecule has 2 bridgehead atoms. The van der Waals surface area contributed by atoms with E-state index in [0.29, 0.717) is 23.8 Å². The van der Waals surface area contributed by atoms with E-state index in [-0.39, 0.29) is 11.3 Å². The van der Waals surface area contributed by atoms with Crippen molar-refractivity contribution >= 4 is 22.6 Å². The number of hydrogen-bond acceptors (Lipinski definition) is 4. The molecule has 2 unspecified atom stereocenters. The van der Waals surface area contributed by atoms with Gasteiger partial charge in [0.15, 0.2) is 0 Å². The Labute approximate surface area is 243 Å². The highest BCUT2D eigenvalue weighted by Crippen LogP contribution is 2.45. The van der Waals surface area contributed by atoms with Gasteiger partial charge in [-0.15, -0.1) is 0 Å². The van der Waals surface area contributed by atoms with E-state index in [1.54, 1.807) is 0 Å². The number of anilines is 1. The van der Waals surface area contributed by atoms with Gasteiger partial charge in [0, 0.05) is 42.5 Å². The number of piperidine rings is 2. The quantitative estimate of drug-likeness (QED) is 0.285. The normalized spacial score (nSPS) is 24.1. The first kappa shape index (κ1) is 26.3. The van der Waals surface area contributed by atoms with Crippen LogP contribution in [-0.4, -0.2) is 57.0 Å². The summed E-state index contributed by atoms with van der Waals surface area (Å²) in [6.07, 6.45) is 8.17. The van der Waals surface area contributed by atoms with Gasteiger partial charge < -0.3 is 15.2 Å². The molecule has 41 heavy (non-hydrogen) atoms. The molecule has 4 heterocycles. The fourth-order valence-corrected chi connectivity index (χ4v) is 8.21. The van der Waals surface area contributed by atoms with Gasteiger partial charge in [-0.2, -0.15) is 0 Å². The van der Waals surface area contributed by atoms with Crippen LogP contribution in [0.15, 0.2) is 78.9 Å². The highest BCUT2D eigenvalue weighted by molar-refractivity contribution is 5.94. The number of aryl methyl sites for hydroxylation is 1. The van der Waals surface area contributed by atoms with Crippen molar-refractivity contribution in [1.82, 2.24) is 19.4 Å². The molecular weight excluding hydrogens is 506 g/mol. The number of benzene rings is 3. The van der Waals surface area contributed by atoms with Crippen molar-refractivity contribution in [3.05, 3.63) is 95.8 Å². The van der Waals surface area contributed by atoms with Crippen molar-refractivity contribution in [2.75, 3.05) is 25.4 Å². The van der Waals surface area contributed by atoms with Crippen molar-refractivity contribution in [2.45, 2.75) is 75.4 Å². The first-order valence-corrected chi connectivity index (χ1v) is 15.4. The molecule has 3 fully saturated rings. The second kappa shape index (κ2) is 10.6. The molecule has 3 aromatic carbocycles. The smallest absolute Gasteiger partial charge is 0.253 e. The maximum Gasteiger partial charge on any atom is 0.253 e. The number of hydrogen-bond donors (Lipinski definition) is 1. The van der Waals surface area contributed by atoms with Gasteiger partial charge >= 0.3 is 0 Å². The highest BCUT2D eigenvalue weighted by Gasteiger charge is 2.44. The number of carbonyl (C=O) groups is 1. The third-order valence-corrected chi connectivity index (χ3v) is 10.4. The molecule has 6 nitrogen and oxygen atoms in total. The van der Waals surface area contributed by atoms with Crippen LogP contribution >= 0.6 is 0 Å². The summed E-state index contributed by atoms with van der Waals surface area (Å²) in [4.78, 5) is 23.0. The van der Waals surface area contributed by atoms with E-state index in [1.807, 2.05) is 29.2 Å². The summed E-state index contributed by atoms with van der Waals surface area (Å²) in [5.74, 6) is 1.27. The zero-order chi connectivity index (χ0) is 28.0. The summed E-state index contributed by atoms with van der Waals surface area (Å²) in [6.45, 7) is 4.88. The van der Waals surface area contributed by atoms with Gasteiger partial charge in [0.05, 0.1) is 11.0 Å². The Morgan fingerprint density at radius 1 is 0.878 bits per heavy atom. The second-order valence-corrected chi connectivity index (χ2v) is 12.6. The monoisotopic (exact) mass is 547 g/mol. The van der Waals surface area contributed by atoms with E-state index < -0.39 is 0 Å². The molecule has 0 spiro atoms. The fourth-order valence-electron chi connectivity index (χ4n) is 8.21. The molecule has 0 saturated carbocycles. The average molecular weight is 548 g/mol. The maximum absolute atomic E-state index is 13.3. The van der Waals surface area contributed by atoms with Gasteiger partial charge in [0.1, 0.15) is 5.82 Å². The van der Waals surface area contributed by atoms with E-state index in [4.69, 9.17) is 10.7 Å². The second-order valence-electron chi connectivity index (χ2n) is 12.6. The number of nitrogen functional groups attached to an aromatic ring is 1. The SMILES string of the molecule is Cc1nc2ccccc2n1C1CC2CCC(C1)N2CCC1(c2ccccc2)CCN(C(=O)c2ccc(N)cc2)CC1. The molecule has 2 atom stereocenters. The molecule has 1 amide bonds. The zero-order valence-corrected chi connectivity index (χ0v) is 24.1. The number of nitrogens with two attached hydrogens (primary N) is 1. The Balaban J connectivity index is 1.06. The lowest BCUT2D eigenvalue weighted by Crippen LogP contribution is -2.49. The Morgan fingerprint density at radius 2 is 1.54 bits per heavy atom. The van der Waals surface area contributed by atoms with Crippen LogP contribution in [0.25, 0.3) is 11.0 Å². The van der Waals surface area contributed by atoms with Crippen LogP contribution in [0.5, 0.6) is 0 Å². The van der Waals surface area contributed by atoms with Crippen LogP contribution in [0, 0.1) is 6.92 Å². The van der Waals surface area contributed by atoms with E-state index >= 15 is 0 Å². The molecule has 3 aliphatic rings. The molecule has 7 rings (SSSR count). The van der Waals surface area contributed by atoms with Crippen LogP contribution in [-0.2, 0) is 5.41 Å². The van der Waals surface area contributed by atoms with Crippen LogP contribution in [0.2, 0.25) is 0 Å². The number of amides is 1. The number of imidazole rings is 1. The Kier molecular flexibility index (Phi) is 6.82.